The Labute approximate surface area is 128 Å². The molecule has 9 heteroatoms. The maximum absolute atomic E-state index is 13.7. The summed E-state index contributed by atoms with van der Waals surface area (Å²) in [5.74, 6) is -6.67. The summed E-state index contributed by atoms with van der Waals surface area (Å²) in [6, 6.07) is 7.83. The fourth-order valence-corrected chi connectivity index (χ4v) is 2.30. The Morgan fingerprint density at radius 1 is 1.26 bits per heavy atom. The number of halogens is 5. The molecule has 2 rings (SSSR count). The number of hydrazone groups is 1. The lowest BCUT2D eigenvalue weighted by Gasteiger charge is -2.38. The van der Waals surface area contributed by atoms with Gasteiger partial charge in [-0.1, -0.05) is 30.3 Å². The molecule has 1 heterocycles. The first kappa shape index (κ1) is 17.3. The predicted molar refractivity (Wildman–Crippen MR) is 70.7 cm³/mol. The van der Waals surface area contributed by atoms with Crippen molar-refractivity contribution < 1.29 is 31.9 Å². The second kappa shape index (κ2) is 5.55. The van der Waals surface area contributed by atoms with Crippen LogP contribution in [-0.2, 0) is 11.2 Å². The second-order valence-electron chi connectivity index (χ2n) is 5.27. The summed E-state index contributed by atoms with van der Waals surface area (Å²) in [5.41, 5.74) is -3.56. The van der Waals surface area contributed by atoms with E-state index >= 15 is 0 Å². The molecule has 0 aromatic heterocycles. The van der Waals surface area contributed by atoms with Crippen molar-refractivity contribution >= 4 is 11.6 Å². The summed E-state index contributed by atoms with van der Waals surface area (Å²) >= 11 is 0. The normalized spacial score (nSPS) is 22.2. The maximum atomic E-state index is 13.7. The Morgan fingerprint density at radius 2 is 1.83 bits per heavy atom. The molecule has 0 bridgehead atoms. The molecule has 1 amide bonds. The van der Waals surface area contributed by atoms with Gasteiger partial charge in [-0.15, -0.1) is 0 Å². The number of amides is 1. The van der Waals surface area contributed by atoms with Crippen molar-refractivity contribution in [3.05, 3.63) is 35.9 Å². The zero-order valence-electron chi connectivity index (χ0n) is 11.9. The minimum Gasteiger partial charge on any atom is -0.364 e. The van der Waals surface area contributed by atoms with Gasteiger partial charge in [0.25, 0.3) is 0 Å². The summed E-state index contributed by atoms with van der Waals surface area (Å²) in [4.78, 5) is 12.1. The van der Waals surface area contributed by atoms with Gasteiger partial charge in [0, 0.05) is 12.1 Å². The van der Waals surface area contributed by atoms with E-state index in [1.54, 1.807) is 18.2 Å². The topological polar surface area (TPSA) is 52.9 Å². The highest BCUT2D eigenvalue weighted by Gasteiger charge is 2.74. The Hall–Kier alpha value is -2.03. The average Bonchev–Trinajstić information content (AvgIpc) is 2.75. The third-order valence-corrected chi connectivity index (χ3v) is 3.42. The minimum absolute atomic E-state index is 0.150. The lowest BCUT2D eigenvalue weighted by atomic mass is 9.98. The number of hydrogen-bond acceptors (Lipinski definition) is 3. The molecule has 1 N–H and O–H groups in total. The van der Waals surface area contributed by atoms with Crippen molar-refractivity contribution in [2.24, 2.45) is 5.10 Å². The van der Waals surface area contributed by atoms with E-state index in [-0.39, 0.29) is 10.7 Å². The number of aliphatic hydroxyl groups is 1. The van der Waals surface area contributed by atoms with E-state index in [4.69, 9.17) is 0 Å². The van der Waals surface area contributed by atoms with Crippen LogP contribution < -0.4 is 0 Å². The van der Waals surface area contributed by atoms with E-state index in [0.717, 1.165) is 6.92 Å². The van der Waals surface area contributed by atoms with Gasteiger partial charge in [-0.25, -0.2) is 0 Å². The van der Waals surface area contributed by atoms with E-state index < -0.39 is 36.6 Å². The van der Waals surface area contributed by atoms with Gasteiger partial charge in [0.05, 0.1) is 6.42 Å². The summed E-state index contributed by atoms with van der Waals surface area (Å²) in [6.07, 6.45) is -7.57. The highest BCUT2D eigenvalue weighted by Crippen LogP contribution is 2.48. The van der Waals surface area contributed by atoms with Crippen LogP contribution in [0.1, 0.15) is 18.9 Å². The molecule has 4 nitrogen and oxygen atoms in total. The SMILES string of the molecule is CC1=NN(C(=O)Cc2ccccc2)[C@](O)(C(F)(F)C(F)(F)F)C1. The van der Waals surface area contributed by atoms with Gasteiger partial charge in [-0.3, -0.25) is 4.79 Å². The third-order valence-electron chi connectivity index (χ3n) is 3.42. The number of hydrogen-bond donors (Lipinski definition) is 1. The highest BCUT2D eigenvalue weighted by atomic mass is 19.4. The molecule has 0 unspecified atom stereocenters. The lowest BCUT2D eigenvalue weighted by molar-refractivity contribution is -0.363. The Morgan fingerprint density at radius 3 is 2.35 bits per heavy atom. The van der Waals surface area contributed by atoms with E-state index in [9.17, 15) is 31.9 Å². The molecule has 0 spiro atoms. The second-order valence-corrected chi connectivity index (χ2v) is 5.27. The molecule has 1 aromatic carbocycles. The Bertz CT molecular complexity index is 630. The van der Waals surface area contributed by atoms with Crippen molar-refractivity contribution in [1.82, 2.24) is 5.01 Å². The van der Waals surface area contributed by atoms with E-state index in [0.29, 0.717) is 5.56 Å². The van der Waals surface area contributed by atoms with Crippen molar-refractivity contribution in [1.29, 1.82) is 0 Å². The van der Waals surface area contributed by atoms with Gasteiger partial charge < -0.3 is 5.11 Å². The van der Waals surface area contributed by atoms with Crippen LogP contribution in [0.5, 0.6) is 0 Å². The van der Waals surface area contributed by atoms with Gasteiger partial charge in [0.15, 0.2) is 0 Å². The predicted octanol–water partition coefficient (Wildman–Crippen LogP) is 2.72. The van der Waals surface area contributed by atoms with Crippen LogP contribution in [0.2, 0.25) is 0 Å². The van der Waals surface area contributed by atoms with Crippen molar-refractivity contribution in [3.63, 3.8) is 0 Å². The Kier molecular flexibility index (Phi) is 4.18. The van der Waals surface area contributed by atoms with Crippen LogP contribution in [0.25, 0.3) is 0 Å². The molecule has 1 aromatic rings. The number of nitrogens with zero attached hydrogens (tertiary/aromatic N) is 2. The number of alkyl halides is 5. The van der Waals surface area contributed by atoms with Crippen molar-refractivity contribution in [2.75, 3.05) is 0 Å². The first-order valence-corrected chi connectivity index (χ1v) is 6.57. The van der Waals surface area contributed by atoms with Gasteiger partial charge in [0.1, 0.15) is 0 Å². The van der Waals surface area contributed by atoms with Crippen LogP contribution in [-0.4, -0.2) is 39.6 Å². The summed E-state index contributed by atoms with van der Waals surface area (Å²) < 4.78 is 65.3. The van der Waals surface area contributed by atoms with Gasteiger partial charge >= 0.3 is 12.1 Å². The summed E-state index contributed by atoms with van der Waals surface area (Å²) in [6.45, 7) is 1.16. The summed E-state index contributed by atoms with van der Waals surface area (Å²) in [5, 5.41) is 13.2. The summed E-state index contributed by atoms with van der Waals surface area (Å²) in [7, 11) is 0. The molecule has 0 radical (unpaired) electrons. The maximum Gasteiger partial charge on any atom is 0.458 e. The highest BCUT2D eigenvalue weighted by molar-refractivity contribution is 5.89. The first-order chi connectivity index (χ1) is 10.5. The zero-order valence-corrected chi connectivity index (χ0v) is 11.9. The molecule has 0 saturated heterocycles. The molecule has 23 heavy (non-hydrogen) atoms. The van der Waals surface area contributed by atoms with Crippen LogP contribution in [0.3, 0.4) is 0 Å². The van der Waals surface area contributed by atoms with Crippen LogP contribution in [0.15, 0.2) is 35.4 Å². The standard InChI is InChI=1S/C14H13F5N2O2/c1-9-8-12(23,13(15,16)14(17,18)19)21(20-9)11(22)7-10-5-3-2-4-6-10/h2-6,23H,7-8H2,1H3/t12-/m1/s1. The molecule has 1 atom stereocenters. The Balaban J connectivity index is 2.33. The first-order valence-electron chi connectivity index (χ1n) is 6.57. The molecular weight excluding hydrogens is 323 g/mol. The van der Waals surface area contributed by atoms with E-state index in [2.05, 4.69) is 5.10 Å². The fourth-order valence-electron chi connectivity index (χ4n) is 2.30. The quantitative estimate of drug-likeness (QED) is 0.863. The molecule has 1 aliphatic rings. The van der Waals surface area contributed by atoms with E-state index in [1.165, 1.54) is 12.1 Å². The van der Waals surface area contributed by atoms with Crippen LogP contribution in [0.4, 0.5) is 22.0 Å². The van der Waals surface area contributed by atoms with Gasteiger partial charge in [-0.2, -0.15) is 32.1 Å². The number of carbonyl (C=O) groups is 1. The van der Waals surface area contributed by atoms with Crippen molar-refractivity contribution in [2.45, 2.75) is 37.6 Å². The smallest absolute Gasteiger partial charge is 0.364 e. The average molecular weight is 336 g/mol. The number of rotatable bonds is 3. The van der Waals surface area contributed by atoms with Crippen LogP contribution >= 0.6 is 0 Å². The number of benzene rings is 1. The number of carbonyl (C=O) groups excluding carboxylic acids is 1. The molecule has 126 valence electrons. The molecule has 0 saturated carbocycles. The molecular formula is C14H13F5N2O2. The monoisotopic (exact) mass is 336 g/mol. The van der Waals surface area contributed by atoms with E-state index in [1.807, 2.05) is 0 Å². The third kappa shape index (κ3) is 2.92. The molecule has 1 aliphatic heterocycles. The van der Waals surface area contributed by atoms with Gasteiger partial charge in [-0.05, 0) is 12.5 Å². The fraction of sp³-hybridized carbons (Fsp3) is 0.429. The van der Waals surface area contributed by atoms with Crippen LogP contribution in [0, 0.1) is 0 Å². The molecule has 0 fully saturated rings. The van der Waals surface area contributed by atoms with Crippen molar-refractivity contribution in [3.8, 4) is 0 Å². The van der Waals surface area contributed by atoms with Gasteiger partial charge in [0.2, 0.25) is 11.6 Å². The minimum atomic E-state index is -6.02. The largest absolute Gasteiger partial charge is 0.458 e. The zero-order chi connectivity index (χ0) is 17.5. The molecule has 0 aliphatic carbocycles. The lowest BCUT2D eigenvalue weighted by Crippen LogP contribution is -2.64.